The zero-order valence-corrected chi connectivity index (χ0v) is 14.9. The number of rotatable bonds is 4. The number of aliphatic hydroxyl groups is 1. The predicted molar refractivity (Wildman–Crippen MR) is 99.0 cm³/mol. The van der Waals surface area contributed by atoms with Crippen molar-refractivity contribution in [1.82, 2.24) is 4.90 Å². The van der Waals surface area contributed by atoms with Gasteiger partial charge in [-0.2, -0.15) is 0 Å². The Balaban J connectivity index is 1.74. The number of likely N-dealkylation sites (N-methyl/N-ethyl adjacent to an activating group) is 1. The van der Waals surface area contributed by atoms with Crippen LogP contribution in [-0.2, 0) is 6.42 Å². The van der Waals surface area contributed by atoms with Gasteiger partial charge in [-0.05, 0) is 54.8 Å². The Morgan fingerprint density at radius 2 is 2.00 bits per heavy atom. The van der Waals surface area contributed by atoms with E-state index in [1.54, 1.807) is 20.9 Å². The fraction of sp³-hybridized carbons (Fsp3) is 0.350. The number of urea groups is 1. The Morgan fingerprint density at radius 3 is 2.76 bits per heavy atom. The minimum absolute atomic E-state index is 0.248. The minimum Gasteiger partial charge on any atom is -0.493 e. The van der Waals surface area contributed by atoms with Gasteiger partial charge in [0.2, 0.25) is 0 Å². The summed E-state index contributed by atoms with van der Waals surface area (Å²) in [6.45, 7) is 4.34. The second-order valence-electron chi connectivity index (χ2n) is 7.10. The molecule has 0 radical (unpaired) electrons. The van der Waals surface area contributed by atoms with Gasteiger partial charge in [0.05, 0.1) is 18.8 Å². The lowest BCUT2D eigenvalue weighted by atomic mass is 10.0. The van der Waals surface area contributed by atoms with E-state index in [1.807, 2.05) is 36.4 Å². The molecule has 0 atom stereocenters. The van der Waals surface area contributed by atoms with Crippen molar-refractivity contribution in [2.24, 2.45) is 0 Å². The van der Waals surface area contributed by atoms with Gasteiger partial charge in [-0.25, -0.2) is 4.79 Å². The Kier molecular flexibility index (Phi) is 4.68. The molecule has 25 heavy (non-hydrogen) atoms. The molecular formula is C20H24N2O3. The molecule has 3 rings (SSSR count). The molecule has 0 aromatic heterocycles. The molecule has 0 aliphatic carbocycles. The van der Waals surface area contributed by atoms with Crippen LogP contribution in [0, 0.1) is 0 Å². The lowest BCUT2D eigenvalue weighted by Crippen LogP contribution is -2.41. The second kappa shape index (κ2) is 6.76. The number of benzene rings is 2. The maximum atomic E-state index is 12.3. The van der Waals surface area contributed by atoms with Crippen molar-refractivity contribution in [3.63, 3.8) is 0 Å². The molecule has 1 aliphatic heterocycles. The van der Waals surface area contributed by atoms with Crippen molar-refractivity contribution < 1.29 is 14.6 Å². The van der Waals surface area contributed by atoms with E-state index in [2.05, 4.69) is 11.4 Å². The Bertz CT molecular complexity index is 781. The molecule has 2 amide bonds. The topological polar surface area (TPSA) is 61.8 Å². The first-order valence-corrected chi connectivity index (χ1v) is 8.42. The first-order valence-electron chi connectivity index (χ1n) is 8.42. The van der Waals surface area contributed by atoms with Gasteiger partial charge in [0, 0.05) is 19.2 Å². The minimum atomic E-state index is -0.930. The number of carbonyl (C=O) groups is 1. The quantitative estimate of drug-likeness (QED) is 0.895. The molecule has 1 aliphatic rings. The van der Waals surface area contributed by atoms with Crippen LogP contribution >= 0.6 is 0 Å². The molecule has 0 spiro atoms. The molecule has 0 saturated heterocycles. The fourth-order valence-corrected chi connectivity index (χ4v) is 3.01. The number of nitrogens with zero attached hydrogens (tertiary/aromatic N) is 1. The molecule has 2 N–H and O–H groups in total. The van der Waals surface area contributed by atoms with E-state index in [4.69, 9.17) is 4.74 Å². The summed E-state index contributed by atoms with van der Waals surface area (Å²) in [5.74, 6) is 0.960. The number of hydrogen-bond acceptors (Lipinski definition) is 3. The van der Waals surface area contributed by atoms with Crippen LogP contribution in [0.15, 0.2) is 42.5 Å². The highest BCUT2D eigenvalue weighted by atomic mass is 16.5. The monoisotopic (exact) mass is 340 g/mol. The predicted octanol–water partition coefficient (Wildman–Crippen LogP) is 3.52. The van der Waals surface area contributed by atoms with E-state index >= 15 is 0 Å². The molecular weight excluding hydrogens is 316 g/mol. The number of ether oxygens (including phenoxy) is 1. The lowest BCUT2D eigenvalue weighted by molar-refractivity contribution is 0.0550. The van der Waals surface area contributed by atoms with Crippen molar-refractivity contribution in [2.75, 3.05) is 25.5 Å². The van der Waals surface area contributed by atoms with Gasteiger partial charge in [0.15, 0.2) is 0 Å². The number of hydrogen-bond donors (Lipinski definition) is 2. The molecule has 1 heterocycles. The van der Waals surface area contributed by atoms with Crippen LogP contribution in [0.25, 0.3) is 11.1 Å². The van der Waals surface area contributed by atoms with Crippen LogP contribution in [0.2, 0.25) is 0 Å². The van der Waals surface area contributed by atoms with Gasteiger partial charge in [0.1, 0.15) is 5.75 Å². The number of anilines is 1. The summed E-state index contributed by atoms with van der Waals surface area (Å²) >= 11 is 0. The molecule has 5 nitrogen and oxygen atoms in total. The van der Waals surface area contributed by atoms with E-state index in [-0.39, 0.29) is 12.6 Å². The summed E-state index contributed by atoms with van der Waals surface area (Å²) < 4.78 is 5.55. The highest BCUT2D eigenvalue weighted by molar-refractivity contribution is 5.90. The third-order valence-corrected chi connectivity index (χ3v) is 4.11. The summed E-state index contributed by atoms with van der Waals surface area (Å²) in [7, 11) is 1.66. The average molecular weight is 340 g/mol. The SMILES string of the molecule is CN(CC(C)(C)O)C(=O)Nc1cccc(-c2ccc3c(c2)CCO3)c1. The molecule has 132 valence electrons. The Labute approximate surface area is 148 Å². The van der Waals surface area contributed by atoms with Crippen molar-refractivity contribution in [1.29, 1.82) is 0 Å². The molecule has 2 aromatic carbocycles. The van der Waals surface area contributed by atoms with Crippen LogP contribution in [0.5, 0.6) is 5.75 Å². The van der Waals surface area contributed by atoms with Gasteiger partial charge in [-0.15, -0.1) is 0 Å². The zero-order valence-electron chi connectivity index (χ0n) is 14.9. The second-order valence-corrected chi connectivity index (χ2v) is 7.10. The summed E-state index contributed by atoms with van der Waals surface area (Å²) in [5.41, 5.74) is 3.15. The molecule has 0 saturated carbocycles. The molecule has 5 heteroatoms. The molecule has 2 aromatic rings. The maximum Gasteiger partial charge on any atom is 0.321 e. The Hall–Kier alpha value is -2.53. The van der Waals surface area contributed by atoms with E-state index in [0.717, 1.165) is 35.6 Å². The summed E-state index contributed by atoms with van der Waals surface area (Å²) in [6.07, 6.45) is 0.932. The highest BCUT2D eigenvalue weighted by Crippen LogP contribution is 2.31. The molecule has 0 unspecified atom stereocenters. The van der Waals surface area contributed by atoms with Gasteiger partial charge < -0.3 is 20.1 Å². The van der Waals surface area contributed by atoms with E-state index < -0.39 is 5.60 Å². The van der Waals surface area contributed by atoms with Crippen molar-refractivity contribution in [3.8, 4) is 16.9 Å². The van der Waals surface area contributed by atoms with Crippen LogP contribution in [0.4, 0.5) is 10.5 Å². The standard InChI is InChI=1S/C20H24N2O3/c1-20(2,24)13-22(3)19(23)21-17-6-4-5-14(12-17)15-7-8-18-16(11-15)9-10-25-18/h4-8,11-12,24H,9-10,13H2,1-3H3,(H,21,23). The van der Waals surface area contributed by atoms with Gasteiger partial charge >= 0.3 is 6.03 Å². The number of amides is 2. The van der Waals surface area contributed by atoms with Crippen LogP contribution in [0.1, 0.15) is 19.4 Å². The highest BCUT2D eigenvalue weighted by Gasteiger charge is 2.19. The van der Waals surface area contributed by atoms with Gasteiger partial charge in [0.25, 0.3) is 0 Å². The van der Waals surface area contributed by atoms with Gasteiger partial charge in [-0.1, -0.05) is 18.2 Å². The van der Waals surface area contributed by atoms with E-state index in [1.165, 1.54) is 10.5 Å². The fourth-order valence-electron chi connectivity index (χ4n) is 3.01. The Morgan fingerprint density at radius 1 is 1.24 bits per heavy atom. The third-order valence-electron chi connectivity index (χ3n) is 4.11. The van der Waals surface area contributed by atoms with E-state index in [0.29, 0.717) is 0 Å². The van der Waals surface area contributed by atoms with Gasteiger partial charge in [-0.3, -0.25) is 0 Å². The first kappa shape index (κ1) is 17.3. The molecule has 0 fully saturated rings. The number of nitrogens with one attached hydrogen (secondary N) is 1. The summed E-state index contributed by atoms with van der Waals surface area (Å²) in [4.78, 5) is 13.8. The average Bonchev–Trinajstić information content (AvgIpc) is 3.01. The first-order chi connectivity index (χ1) is 11.8. The molecule has 0 bridgehead atoms. The summed E-state index contributed by atoms with van der Waals surface area (Å²) in [6, 6.07) is 13.7. The number of carbonyl (C=O) groups excluding carboxylic acids is 1. The van der Waals surface area contributed by atoms with Crippen molar-refractivity contribution in [2.45, 2.75) is 25.9 Å². The lowest BCUT2D eigenvalue weighted by Gasteiger charge is -2.25. The van der Waals surface area contributed by atoms with E-state index in [9.17, 15) is 9.90 Å². The van der Waals surface area contributed by atoms with Crippen LogP contribution in [0.3, 0.4) is 0 Å². The maximum absolute atomic E-state index is 12.3. The van der Waals surface area contributed by atoms with Crippen molar-refractivity contribution in [3.05, 3.63) is 48.0 Å². The third kappa shape index (κ3) is 4.31. The number of fused-ring (bicyclic) bond motifs is 1. The van der Waals surface area contributed by atoms with Crippen LogP contribution < -0.4 is 10.1 Å². The van der Waals surface area contributed by atoms with Crippen LogP contribution in [-0.4, -0.2) is 41.8 Å². The summed E-state index contributed by atoms with van der Waals surface area (Å²) in [5, 5.41) is 12.7. The van der Waals surface area contributed by atoms with Crippen molar-refractivity contribution >= 4 is 11.7 Å². The normalized spacial score (nSPS) is 13.1. The largest absolute Gasteiger partial charge is 0.493 e. The zero-order chi connectivity index (χ0) is 18.0. The smallest absolute Gasteiger partial charge is 0.321 e.